The van der Waals surface area contributed by atoms with Gasteiger partial charge in [-0.1, -0.05) is 44.2 Å². The summed E-state index contributed by atoms with van der Waals surface area (Å²) >= 11 is 0. The lowest BCUT2D eigenvalue weighted by Crippen LogP contribution is -2.35. The second-order valence-corrected chi connectivity index (χ2v) is 6.28. The summed E-state index contributed by atoms with van der Waals surface area (Å²) in [6.45, 7) is 4.07. The molecule has 1 aromatic carbocycles. The predicted octanol–water partition coefficient (Wildman–Crippen LogP) is 5.07. The number of hydrogen-bond donors (Lipinski definition) is 0. The Labute approximate surface area is 138 Å². The second kappa shape index (κ2) is 6.95. The quantitative estimate of drug-likeness (QED) is 0.790. The zero-order valence-corrected chi connectivity index (χ0v) is 14.0. The van der Waals surface area contributed by atoms with Crippen molar-refractivity contribution in [3.63, 3.8) is 0 Å². The average Bonchev–Trinajstić information content (AvgIpc) is 2.62. The van der Waals surface area contributed by atoms with Gasteiger partial charge in [0.1, 0.15) is 5.82 Å². The number of aromatic nitrogens is 1. The van der Waals surface area contributed by atoms with Gasteiger partial charge < -0.3 is 0 Å². The molecule has 0 radical (unpaired) electrons. The van der Waals surface area contributed by atoms with E-state index in [1.807, 2.05) is 30.0 Å². The molecule has 0 N–H and O–H groups in total. The second-order valence-electron chi connectivity index (χ2n) is 6.28. The SMILES string of the molecule is CC[C@H](C)C(=O)N(C1=CCCCC1)c1nccc2ccccc12. The molecule has 3 rings (SSSR count). The van der Waals surface area contributed by atoms with E-state index in [1.54, 1.807) is 6.20 Å². The lowest BCUT2D eigenvalue weighted by Gasteiger charge is -2.29. The minimum atomic E-state index is -0.00130. The standard InChI is InChI=1S/C20H24N2O/c1-3-15(2)20(23)22(17-10-5-4-6-11-17)19-18-12-8-7-9-16(18)13-14-21-19/h7-10,12-15H,3-6,11H2,1-2H3/t15-/m0/s1. The maximum atomic E-state index is 13.1. The summed E-state index contributed by atoms with van der Waals surface area (Å²) < 4.78 is 0. The Balaban J connectivity index is 2.13. The summed E-state index contributed by atoms with van der Waals surface area (Å²) in [5, 5.41) is 2.16. The number of amides is 1. The fourth-order valence-corrected chi connectivity index (χ4v) is 3.08. The summed E-state index contributed by atoms with van der Waals surface area (Å²) in [4.78, 5) is 19.5. The first-order valence-corrected chi connectivity index (χ1v) is 8.59. The maximum Gasteiger partial charge on any atom is 0.235 e. The van der Waals surface area contributed by atoms with Gasteiger partial charge in [0.05, 0.1) is 0 Å². The van der Waals surface area contributed by atoms with Gasteiger partial charge >= 0.3 is 0 Å². The minimum absolute atomic E-state index is 0.00130. The smallest absolute Gasteiger partial charge is 0.235 e. The van der Waals surface area contributed by atoms with Gasteiger partial charge in [-0.15, -0.1) is 0 Å². The van der Waals surface area contributed by atoms with Gasteiger partial charge in [0.25, 0.3) is 0 Å². The predicted molar refractivity (Wildman–Crippen MR) is 95.2 cm³/mol. The van der Waals surface area contributed by atoms with E-state index in [1.165, 1.54) is 6.42 Å². The Morgan fingerprint density at radius 2 is 2.09 bits per heavy atom. The van der Waals surface area contributed by atoms with Gasteiger partial charge in [0.2, 0.25) is 5.91 Å². The molecule has 23 heavy (non-hydrogen) atoms. The number of nitrogens with zero attached hydrogens (tertiary/aromatic N) is 2. The van der Waals surface area contributed by atoms with Crippen LogP contribution < -0.4 is 4.90 Å². The summed E-state index contributed by atoms with van der Waals surface area (Å²) in [5.74, 6) is 0.935. The Kier molecular flexibility index (Phi) is 4.75. The Morgan fingerprint density at radius 3 is 2.83 bits per heavy atom. The third-order valence-electron chi connectivity index (χ3n) is 4.67. The fraction of sp³-hybridized carbons (Fsp3) is 0.400. The molecule has 0 saturated carbocycles. The topological polar surface area (TPSA) is 33.2 Å². The number of anilines is 1. The van der Waals surface area contributed by atoms with E-state index < -0.39 is 0 Å². The van der Waals surface area contributed by atoms with E-state index in [0.29, 0.717) is 0 Å². The molecule has 1 aromatic heterocycles. The van der Waals surface area contributed by atoms with Crippen LogP contribution in [0.5, 0.6) is 0 Å². The molecule has 1 atom stereocenters. The van der Waals surface area contributed by atoms with Crippen molar-refractivity contribution in [3.8, 4) is 0 Å². The van der Waals surface area contributed by atoms with Crippen molar-refractivity contribution in [2.24, 2.45) is 5.92 Å². The van der Waals surface area contributed by atoms with Crippen LogP contribution in [0.3, 0.4) is 0 Å². The molecule has 120 valence electrons. The molecular formula is C20H24N2O. The molecule has 1 amide bonds. The Bertz CT molecular complexity index is 730. The van der Waals surface area contributed by atoms with E-state index >= 15 is 0 Å². The molecule has 0 fully saturated rings. The van der Waals surface area contributed by atoms with Crippen molar-refractivity contribution in [2.45, 2.75) is 46.0 Å². The number of benzene rings is 1. The highest BCUT2D eigenvalue weighted by molar-refractivity contribution is 6.04. The van der Waals surface area contributed by atoms with Crippen molar-refractivity contribution < 1.29 is 4.79 Å². The van der Waals surface area contributed by atoms with Crippen LogP contribution in [-0.4, -0.2) is 10.9 Å². The maximum absolute atomic E-state index is 13.1. The minimum Gasteiger partial charge on any atom is -0.274 e. The molecular weight excluding hydrogens is 284 g/mol. The van der Waals surface area contributed by atoms with Crippen molar-refractivity contribution in [2.75, 3.05) is 4.90 Å². The molecule has 1 heterocycles. The fourth-order valence-electron chi connectivity index (χ4n) is 3.08. The number of rotatable bonds is 4. The Morgan fingerprint density at radius 1 is 1.26 bits per heavy atom. The molecule has 0 unspecified atom stereocenters. The number of pyridine rings is 1. The first-order chi connectivity index (χ1) is 11.2. The molecule has 1 aliphatic carbocycles. The molecule has 0 saturated heterocycles. The van der Waals surface area contributed by atoms with Gasteiger partial charge in [0, 0.05) is 23.2 Å². The number of allylic oxidation sites excluding steroid dienone is 2. The highest BCUT2D eigenvalue weighted by Crippen LogP contribution is 2.32. The van der Waals surface area contributed by atoms with E-state index in [-0.39, 0.29) is 11.8 Å². The first kappa shape index (κ1) is 15.7. The monoisotopic (exact) mass is 308 g/mol. The largest absolute Gasteiger partial charge is 0.274 e. The number of hydrogen-bond acceptors (Lipinski definition) is 2. The molecule has 2 aromatic rings. The normalized spacial score (nSPS) is 16.0. The Hall–Kier alpha value is -2.16. The average molecular weight is 308 g/mol. The van der Waals surface area contributed by atoms with Crippen LogP contribution in [0.2, 0.25) is 0 Å². The van der Waals surface area contributed by atoms with E-state index in [9.17, 15) is 4.79 Å². The molecule has 3 heteroatoms. The zero-order valence-electron chi connectivity index (χ0n) is 14.0. The van der Waals surface area contributed by atoms with Gasteiger partial charge in [-0.05, 0) is 43.6 Å². The summed E-state index contributed by atoms with van der Waals surface area (Å²) in [5.41, 5.74) is 1.12. The highest BCUT2D eigenvalue weighted by atomic mass is 16.2. The van der Waals surface area contributed by atoms with Gasteiger partial charge in [0.15, 0.2) is 0 Å². The summed E-state index contributed by atoms with van der Waals surface area (Å²) in [7, 11) is 0. The van der Waals surface area contributed by atoms with Crippen LogP contribution in [0.25, 0.3) is 10.8 Å². The first-order valence-electron chi connectivity index (χ1n) is 8.59. The zero-order chi connectivity index (χ0) is 16.2. The number of fused-ring (bicyclic) bond motifs is 1. The molecule has 1 aliphatic rings. The van der Waals surface area contributed by atoms with Crippen LogP contribution in [-0.2, 0) is 4.79 Å². The van der Waals surface area contributed by atoms with Crippen LogP contribution in [0.4, 0.5) is 5.82 Å². The van der Waals surface area contributed by atoms with Crippen molar-refractivity contribution in [1.82, 2.24) is 4.98 Å². The van der Waals surface area contributed by atoms with Crippen molar-refractivity contribution in [1.29, 1.82) is 0 Å². The molecule has 3 nitrogen and oxygen atoms in total. The van der Waals surface area contributed by atoms with Crippen LogP contribution in [0.15, 0.2) is 48.3 Å². The van der Waals surface area contributed by atoms with Crippen LogP contribution in [0, 0.1) is 5.92 Å². The summed E-state index contributed by atoms with van der Waals surface area (Å²) in [6.07, 6.45) is 9.20. The van der Waals surface area contributed by atoms with Crippen LogP contribution in [0.1, 0.15) is 46.0 Å². The van der Waals surface area contributed by atoms with Crippen molar-refractivity contribution in [3.05, 3.63) is 48.3 Å². The van der Waals surface area contributed by atoms with Gasteiger partial charge in [-0.2, -0.15) is 0 Å². The summed E-state index contributed by atoms with van der Waals surface area (Å²) in [6, 6.07) is 10.2. The van der Waals surface area contributed by atoms with E-state index in [2.05, 4.69) is 30.1 Å². The van der Waals surface area contributed by atoms with Gasteiger partial charge in [-0.3, -0.25) is 9.69 Å². The van der Waals surface area contributed by atoms with Gasteiger partial charge in [-0.25, -0.2) is 4.98 Å². The molecule has 0 spiro atoms. The third-order valence-corrected chi connectivity index (χ3v) is 4.67. The molecule has 0 aliphatic heterocycles. The lowest BCUT2D eigenvalue weighted by atomic mass is 10.0. The van der Waals surface area contributed by atoms with E-state index in [0.717, 1.165) is 48.0 Å². The number of carbonyl (C=O) groups excluding carboxylic acids is 1. The highest BCUT2D eigenvalue weighted by Gasteiger charge is 2.27. The van der Waals surface area contributed by atoms with Crippen molar-refractivity contribution >= 4 is 22.5 Å². The van der Waals surface area contributed by atoms with E-state index in [4.69, 9.17) is 0 Å². The number of carbonyl (C=O) groups is 1. The van der Waals surface area contributed by atoms with Crippen LogP contribution >= 0.6 is 0 Å². The third kappa shape index (κ3) is 3.14. The lowest BCUT2D eigenvalue weighted by molar-refractivity contribution is -0.121. The molecule has 0 bridgehead atoms.